The van der Waals surface area contributed by atoms with E-state index in [0.717, 1.165) is 49.1 Å². The second-order valence-corrected chi connectivity index (χ2v) is 8.38. The average Bonchev–Trinajstić information content (AvgIpc) is 3.65. The minimum absolute atomic E-state index is 0.145. The second-order valence-electron chi connectivity index (χ2n) is 8.38. The lowest BCUT2D eigenvalue weighted by atomic mass is 10.0. The number of ether oxygens (including phenoxy) is 8. The highest BCUT2D eigenvalue weighted by Crippen LogP contribution is 2.42. The quantitative estimate of drug-likeness (QED) is 0.437. The summed E-state index contributed by atoms with van der Waals surface area (Å²) in [6.07, 6.45) is 0.665. The minimum atomic E-state index is 0.145. The smallest absolute Gasteiger partial charge is 0.165 e. The topological polar surface area (TPSA) is 87.0 Å². The molecular formula is C24H26O8. The lowest BCUT2D eigenvalue weighted by molar-refractivity contribution is 0.225. The van der Waals surface area contributed by atoms with Crippen LogP contribution >= 0.6 is 0 Å². The van der Waals surface area contributed by atoms with Gasteiger partial charge in [-0.2, -0.15) is 0 Å². The van der Waals surface area contributed by atoms with E-state index in [2.05, 4.69) is 0 Å². The lowest BCUT2D eigenvalue weighted by Gasteiger charge is -2.18. The summed E-state index contributed by atoms with van der Waals surface area (Å²) in [6.45, 7) is 5.02. The summed E-state index contributed by atoms with van der Waals surface area (Å²) >= 11 is 0. The fourth-order valence-electron chi connectivity index (χ4n) is 3.24. The third-order valence-corrected chi connectivity index (χ3v) is 5.53. The van der Waals surface area contributed by atoms with Gasteiger partial charge in [-0.3, -0.25) is 0 Å². The molecule has 8 nitrogen and oxygen atoms in total. The third kappa shape index (κ3) is 5.45. The minimum Gasteiger partial charge on any atom is -0.491 e. The Morgan fingerprint density at radius 3 is 1.50 bits per heavy atom. The van der Waals surface area contributed by atoms with Crippen molar-refractivity contribution < 1.29 is 37.9 Å². The van der Waals surface area contributed by atoms with Crippen molar-refractivity contribution in [1.82, 2.24) is 0 Å². The van der Waals surface area contributed by atoms with Crippen LogP contribution in [0.2, 0.25) is 0 Å². The summed E-state index contributed by atoms with van der Waals surface area (Å²) in [5.74, 6) is 2.84. The summed E-state index contributed by atoms with van der Waals surface area (Å²) in [5, 5.41) is 0. The number of hydrogen-bond acceptors (Lipinski definition) is 8. The summed E-state index contributed by atoms with van der Waals surface area (Å²) < 4.78 is 45.1. The molecule has 2 aromatic carbocycles. The van der Waals surface area contributed by atoms with E-state index in [0.29, 0.717) is 37.9 Å². The molecule has 4 aliphatic heterocycles. The highest BCUT2D eigenvalue weighted by atomic mass is 16.6. The Morgan fingerprint density at radius 2 is 1.00 bits per heavy atom. The van der Waals surface area contributed by atoms with Crippen molar-refractivity contribution >= 4 is 0 Å². The normalized spacial score (nSPS) is 26.9. The zero-order valence-corrected chi connectivity index (χ0v) is 17.7. The number of epoxide rings is 4. The van der Waals surface area contributed by atoms with Gasteiger partial charge in [0.15, 0.2) is 11.5 Å². The molecule has 6 rings (SSSR count). The Bertz CT molecular complexity index is 930. The van der Waals surface area contributed by atoms with E-state index in [-0.39, 0.29) is 24.4 Å². The molecule has 0 aromatic heterocycles. The van der Waals surface area contributed by atoms with Crippen molar-refractivity contribution in [2.24, 2.45) is 0 Å². The van der Waals surface area contributed by atoms with Gasteiger partial charge < -0.3 is 37.9 Å². The largest absolute Gasteiger partial charge is 0.491 e. The van der Waals surface area contributed by atoms with Crippen molar-refractivity contribution in [3.05, 3.63) is 36.4 Å². The Labute approximate surface area is 186 Å². The Hall–Kier alpha value is -2.52. The molecule has 2 aromatic rings. The third-order valence-electron chi connectivity index (χ3n) is 5.53. The van der Waals surface area contributed by atoms with Gasteiger partial charge in [0.25, 0.3) is 0 Å². The monoisotopic (exact) mass is 442 g/mol. The summed E-state index contributed by atoms with van der Waals surface area (Å²) in [5.41, 5.74) is 1.92. The first-order valence-corrected chi connectivity index (χ1v) is 11.1. The Morgan fingerprint density at radius 1 is 0.562 bits per heavy atom. The summed E-state index contributed by atoms with van der Waals surface area (Å²) in [6, 6.07) is 11.8. The van der Waals surface area contributed by atoms with Crippen molar-refractivity contribution in [1.29, 1.82) is 0 Å². The molecule has 0 bridgehead atoms. The lowest BCUT2D eigenvalue weighted by Crippen LogP contribution is -2.10. The van der Waals surface area contributed by atoms with Gasteiger partial charge in [0.05, 0.1) is 26.4 Å². The molecule has 4 aliphatic rings. The van der Waals surface area contributed by atoms with Crippen molar-refractivity contribution in [2.75, 3.05) is 52.9 Å². The second kappa shape index (κ2) is 8.78. The van der Waals surface area contributed by atoms with Crippen molar-refractivity contribution in [2.45, 2.75) is 24.4 Å². The molecule has 0 N–H and O–H groups in total. The van der Waals surface area contributed by atoms with Gasteiger partial charge in [0, 0.05) is 11.6 Å². The van der Waals surface area contributed by atoms with E-state index in [1.807, 2.05) is 36.4 Å². The molecule has 4 atom stereocenters. The zero-order valence-electron chi connectivity index (χ0n) is 17.7. The molecule has 4 heterocycles. The van der Waals surface area contributed by atoms with Gasteiger partial charge in [-0.1, -0.05) is 12.1 Å². The molecule has 32 heavy (non-hydrogen) atoms. The summed E-state index contributed by atoms with van der Waals surface area (Å²) in [7, 11) is 0. The number of hydrogen-bond donors (Lipinski definition) is 0. The van der Waals surface area contributed by atoms with Crippen LogP contribution in [0.15, 0.2) is 36.4 Å². The maximum Gasteiger partial charge on any atom is 0.165 e. The maximum absolute atomic E-state index is 6.12. The fraction of sp³-hybridized carbons (Fsp3) is 0.500. The van der Waals surface area contributed by atoms with E-state index in [9.17, 15) is 0 Å². The molecular weight excluding hydrogens is 416 g/mol. The first-order valence-electron chi connectivity index (χ1n) is 11.1. The van der Waals surface area contributed by atoms with Crippen LogP contribution in [0.1, 0.15) is 0 Å². The van der Waals surface area contributed by atoms with E-state index in [1.54, 1.807) is 0 Å². The van der Waals surface area contributed by atoms with Gasteiger partial charge in [-0.15, -0.1) is 0 Å². The van der Waals surface area contributed by atoms with Crippen LogP contribution in [0, 0.1) is 0 Å². The van der Waals surface area contributed by atoms with Gasteiger partial charge in [0.1, 0.15) is 62.3 Å². The standard InChI is InChI=1S/C24H26O8/c1-3-16(25-7-17-8-26-17)4-2-15(1)21-5-23(31-13-19-10-28-19)24(32-14-20-11-29-20)6-22(21)30-12-18-9-27-18/h1-6,17-20H,7-14H2. The van der Waals surface area contributed by atoms with Crippen molar-refractivity contribution in [3.8, 4) is 34.1 Å². The van der Waals surface area contributed by atoms with Crippen LogP contribution in [0.25, 0.3) is 11.1 Å². The number of rotatable bonds is 13. The predicted molar refractivity (Wildman–Crippen MR) is 113 cm³/mol. The first-order chi connectivity index (χ1) is 15.8. The Balaban J connectivity index is 1.26. The molecule has 4 unspecified atom stereocenters. The SMILES string of the molecule is c1cc(-c2cc(OCC3CO3)c(OCC3CO3)cc2OCC2CO2)ccc1OCC1CO1. The van der Waals surface area contributed by atoms with Gasteiger partial charge in [-0.25, -0.2) is 0 Å². The first kappa shape index (κ1) is 20.1. The average molecular weight is 442 g/mol. The zero-order chi connectivity index (χ0) is 21.3. The fourth-order valence-corrected chi connectivity index (χ4v) is 3.24. The van der Waals surface area contributed by atoms with Crippen molar-refractivity contribution in [3.63, 3.8) is 0 Å². The van der Waals surface area contributed by atoms with Gasteiger partial charge >= 0.3 is 0 Å². The molecule has 4 saturated heterocycles. The van der Waals surface area contributed by atoms with Gasteiger partial charge in [0.2, 0.25) is 0 Å². The van der Waals surface area contributed by atoms with Crippen LogP contribution in [-0.2, 0) is 18.9 Å². The predicted octanol–water partition coefficient (Wildman–Crippen LogP) is 2.46. The van der Waals surface area contributed by atoms with Crippen LogP contribution in [0.3, 0.4) is 0 Å². The van der Waals surface area contributed by atoms with Crippen LogP contribution < -0.4 is 18.9 Å². The summed E-state index contributed by atoms with van der Waals surface area (Å²) in [4.78, 5) is 0. The molecule has 0 spiro atoms. The highest BCUT2D eigenvalue weighted by Gasteiger charge is 2.28. The van der Waals surface area contributed by atoms with E-state index < -0.39 is 0 Å². The van der Waals surface area contributed by atoms with Crippen LogP contribution in [0.4, 0.5) is 0 Å². The van der Waals surface area contributed by atoms with E-state index >= 15 is 0 Å². The van der Waals surface area contributed by atoms with Crippen LogP contribution in [0.5, 0.6) is 23.0 Å². The molecule has 170 valence electrons. The van der Waals surface area contributed by atoms with Crippen LogP contribution in [-0.4, -0.2) is 77.3 Å². The van der Waals surface area contributed by atoms with E-state index in [1.165, 1.54) is 0 Å². The Kier molecular flexibility index (Phi) is 5.52. The van der Waals surface area contributed by atoms with Gasteiger partial charge in [-0.05, 0) is 23.8 Å². The highest BCUT2D eigenvalue weighted by molar-refractivity contribution is 5.74. The van der Waals surface area contributed by atoms with E-state index in [4.69, 9.17) is 37.9 Å². The maximum atomic E-state index is 6.12. The molecule has 0 radical (unpaired) electrons. The molecule has 0 aliphatic carbocycles. The molecule has 0 saturated carbocycles. The number of benzene rings is 2. The molecule has 4 fully saturated rings. The molecule has 0 amide bonds. The molecule has 8 heteroatoms.